The molecule has 0 aliphatic heterocycles. The van der Waals surface area contributed by atoms with Crippen LogP contribution in [-0.4, -0.2) is 25.9 Å². The fourth-order valence-electron chi connectivity index (χ4n) is 2.96. The summed E-state index contributed by atoms with van der Waals surface area (Å²) < 4.78 is 26.3. The number of hydrogen-bond donors (Lipinski definition) is 0. The molecule has 0 aliphatic rings. The summed E-state index contributed by atoms with van der Waals surface area (Å²) in [7, 11) is 0. The molecule has 0 saturated heterocycles. The molecule has 0 atom stereocenters. The quantitative estimate of drug-likeness (QED) is 0.406. The fourth-order valence-corrected chi connectivity index (χ4v) is 3.08. The summed E-state index contributed by atoms with van der Waals surface area (Å²) >= 11 is 5.91. The highest BCUT2D eigenvalue weighted by atomic mass is 35.5. The number of aromatic nitrogens is 4. The highest BCUT2D eigenvalue weighted by Gasteiger charge is 2.21. The third kappa shape index (κ3) is 4.20. The lowest BCUT2D eigenvalue weighted by Gasteiger charge is -2.05. The Morgan fingerprint density at radius 2 is 1.90 bits per heavy atom. The first-order valence-electron chi connectivity index (χ1n) is 9.41. The zero-order valence-corrected chi connectivity index (χ0v) is 17.8. The number of carbonyl (C=O) groups excluding carboxylic acids is 1. The SMILES string of the molecule is Cc1ccc(-n2nnc(C(=O)OCc3nc(-c4ccc(Cl)cc4)oc3C)c2C)cc1F. The van der Waals surface area contributed by atoms with E-state index in [0.717, 1.165) is 5.56 Å². The normalized spacial score (nSPS) is 11.0. The Hall–Kier alpha value is -3.52. The molecule has 31 heavy (non-hydrogen) atoms. The summed E-state index contributed by atoms with van der Waals surface area (Å²) in [5.74, 6) is -0.0849. The second-order valence-corrected chi connectivity index (χ2v) is 7.41. The van der Waals surface area contributed by atoms with Crippen LogP contribution in [-0.2, 0) is 11.3 Å². The summed E-state index contributed by atoms with van der Waals surface area (Å²) in [6.07, 6.45) is 0. The summed E-state index contributed by atoms with van der Waals surface area (Å²) in [6, 6.07) is 11.7. The van der Waals surface area contributed by atoms with E-state index in [2.05, 4.69) is 15.3 Å². The maximum absolute atomic E-state index is 13.9. The zero-order chi connectivity index (χ0) is 22.1. The minimum absolute atomic E-state index is 0.0417. The molecule has 2 heterocycles. The molecule has 0 radical (unpaired) electrons. The van der Waals surface area contributed by atoms with E-state index < -0.39 is 5.97 Å². The monoisotopic (exact) mass is 440 g/mol. The Bertz CT molecular complexity index is 1260. The lowest BCUT2D eigenvalue weighted by Crippen LogP contribution is -2.09. The average molecular weight is 441 g/mol. The van der Waals surface area contributed by atoms with E-state index in [1.54, 1.807) is 57.2 Å². The van der Waals surface area contributed by atoms with E-state index in [-0.39, 0.29) is 18.1 Å². The Morgan fingerprint density at radius 3 is 2.61 bits per heavy atom. The molecule has 0 unspecified atom stereocenters. The van der Waals surface area contributed by atoms with Gasteiger partial charge in [-0.2, -0.15) is 0 Å². The van der Waals surface area contributed by atoms with Crippen molar-refractivity contribution in [2.45, 2.75) is 27.4 Å². The van der Waals surface area contributed by atoms with Crippen molar-refractivity contribution >= 4 is 17.6 Å². The van der Waals surface area contributed by atoms with Gasteiger partial charge >= 0.3 is 5.97 Å². The van der Waals surface area contributed by atoms with Crippen molar-refractivity contribution in [1.82, 2.24) is 20.0 Å². The van der Waals surface area contributed by atoms with Crippen LogP contribution in [0.2, 0.25) is 5.02 Å². The van der Waals surface area contributed by atoms with Gasteiger partial charge in [0.1, 0.15) is 23.9 Å². The number of ether oxygens (including phenoxy) is 1. The maximum Gasteiger partial charge on any atom is 0.361 e. The number of carbonyl (C=O) groups is 1. The highest BCUT2D eigenvalue weighted by molar-refractivity contribution is 6.30. The van der Waals surface area contributed by atoms with E-state index in [0.29, 0.717) is 39.3 Å². The largest absolute Gasteiger partial charge is 0.454 e. The number of esters is 1. The van der Waals surface area contributed by atoms with Crippen LogP contribution in [0.4, 0.5) is 4.39 Å². The Balaban J connectivity index is 1.49. The number of hydrogen-bond acceptors (Lipinski definition) is 6. The first-order valence-corrected chi connectivity index (χ1v) is 9.79. The summed E-state index contributed by atoms with van der Waals surface area (Å²) in [6.45, 7) is 4.98. The Morgan fingerprint density at radius 1 is 1.16 bits per heavy atom. The molecule has 2 aromatic heterocycles. The number of rotatable bonds is 5. The van der Waals surface area contributed by atoms with Crippen molar-refractivity contribution in [3.8, 4) is 17.1 Å². The third-order valence-electron chi connectivity index (χ3n) is 4.81. The van der Waals surface area contributed by atoms with Crippen molar-refractivity contribution in [1.29, 1.82) is 0 Å². The number of oxazole rings is 1. The van der Waals surface area contributed by atoms with Gasteiger partial charge in [-0.05, 0) is 62.7 Å². The zero-order valence-electron chi connectivity index (χ0n) is 17.0. The van der Waals surface area contributed by atoms with E-state index >= 15 is 0 Å². The number of nitrogens with zero attached hydrogens (tertiary/aromatic N) is 4. The molecular formula is C22H18ClFN4O3. The predicted octanol–water partition coefficient (Wildman–Crippen LogP) is 5.00. The average Bonchev–Trinajstić information content (AvgIpc) is 3.31. The molecule has 0 amide bonds. The van der Waals surface area contributed by atoms with Gasteiger partial charge < -0.3 is 9.15 Å². The molecule has 9 heteroatoms. The molecule has 4 aromatic rings. The predicted molar refractivity (Wildman–Crippen MR) is 112 cm³/mol. The molecule has 0 bridgehead atoms. The lowest BCUT2D eigenvalue weighted by molar-refractivity contribution is 0.0459. The van der Waals surface area contributed by atoms with Gasteiger partial charge in [0, 0.05) is 10.6 Å². The first kappa shape index (κ1) is 20.7. The standard InChI is InChI=1S/C22H18ClFN4O3/c1-12-4-9-17(10-18(12)24)28-13(2)20(26-27-28)22(29)30-11-19-14(3)31-21(25-19)15-5-7-16(23)8-6-15/h4-10H,11H2,1-3H3. The van der Waals surface area contributed by atoms with Crippen LogP contribution < -0.4 is 0 Å². The smallest absolute Gasteiger partial charge is 0.361 e. The van der Waals surface area contributed by atoms with Crippen LogP contribution in [0.15, 0.2) is 46.9 Å². The van der Waals surface area contributed by atoms with Crippen molar-refractivity contribution in [2.24, 2.45) is 0 Å². The van der Waals surface area contributed by atoms with Gasteiger partial charge in [-0.1, -0.05) is 22.9 Å². The molecule has 4 rings (SSSR count). The molecule has 0 fully saturated rings. The van der Waals surface area contributed by atoms with E-state index in [1.807, 2.05) is 0 Å². The summed E-state index contributed by atoms with van der Waals surface area (Å²) in [5.41, 5.74) is 2.71. The van der Waals surface area contributed by atoms with Crippen LogP contribution in [0.5, 0.6) is 0 Å². The number of halogens is 2. The van der Waals surface area contributed by atoms with Gasteiger partial charge in [-0.15, -0.1) is 5.10 Å². The van der Waals surface area contributed by atoms with E-state index in [4.69, 9.17) is 20.8 Å². The van der Waals surface area contributed by atoms with Gasteiger partial charge in [0.2, 0.25) is 5.89 Å². The lowest BCUT2D eigenvalue weighted by atomic mass is 10.2. The van der Waals surface area contributed by atoms with E-state index in [1.165, 1.54) is 10.7 Å². The highest BCUT2D eigenvalue weighted by Crippen LogP contribution is 2.24. The van der Waals surface area contributed by atoms with Crippen LogP contribution in [0.25, 0.3) is 17.1 Å². The van der Waals surface area contributed by atoms with Crippen molar-refractivity contribution < 1.29 is 18.3 Å². The molecule has 0 N–H and O–H groups in total. The second-order valence-electron chi connectivity index (χ2n) is 6.97. The van der Waals surface area contributed by atoms with Crippen molar-refractivity contribution in [2.75, 3.05) is 0 Å². The van der Waals surface area contributed by atoms with Crippen molar-refractivity contribution in [3.63, 3.8) is 0 Å². The van der Waals surface area contributed by atoms with Crippen LogP contribution >= 0.6 is 11.6 Å². The maximum atomic E-state index is 13.9. The molecule has 0 spiro atoms. The van der Waals surface area contributed by atoms with E-state index in [9.17, 15) is 9.18 Å². The number of benzene rings is 2. The summed E-state index contributed by atoms with van der Waals surface area (Å²) in [4.78, 5) is 16.9. The van der Waals surface area contributed by atoms with Gasteiger partial charge in [-0.25, -0.2) is 18.9 Å². The van der Waals surface area contributed by atoms with Crippen LogP contribution in [0.3, 0.4) is 0 Å². The minimum Gasteiger partial charge on any atom is -0.454 e. The second kappa shape index (κ2) is 8.31. The third-order valence-corrected chi connectivity index (χ3v) is 5.06. The minimum atomic E-state index is -0.660. The topological polar surface area (TPSA) is 83.0 Å². The molecule has 2 aromatic carbocycles. The molecule has 158 valence electrons. The van der Waals surface area contributed by atoms with Crippen molar-refractivity contribution in [3.05, 3.63) is 81.7 Å². The molecule has 7 nitrogen and oxygen atoms in total. The first-order chi connectivity index (χ1) is 14.8. The fraction of sp³-hybridized carbons (Fsp3) is 0.182. The molecule has 0 saturated carbocycles. The Labute approximate surface area is 182 Å². The van der Waals surface area contributed by atoms with Gasteiger partial charge in [0.25, 0.3) is 0 Å². The molecule has 0 aliphatic carbocycles. The van der Waals surface area contributed by atoms with Gasteiger partial charge in [0.05, 0.1) is 11.4 Å². The van der Waals surface area contributed by atoms with Gasteiger partial charge in [-0.3, -0.25) is 0 Å². The van der Waals surface area contributed by atoms with Crippen LogP contribution in [0, 0.1) is 26.6 Å². The van der Waals surface area contributed by atoms with Crippen LogP contribution in [0.1, 0.15) is 33.2 Å². The Kier molecular flexibility index (Phi) is 5.56. The number of aryl methyl sites for hydroxylation is 2. The summed E-state index contributed by atoms with van der Waals surface area (Å²) in [5, 5.41) is 8.46. The van der Waals surface area contributed by atoms with Gasteiger partial charge in [0.15, 0.2) is 5.69 Å². The molecular weight excluding hydrogens is 423 g/mol.